The smallest absolute Gasteiger partial charge is 0.253 e. The molecule has 0 bridgehead atoms. The van der Waals surface area contributed by atoms with E-state index in [9.17, 15) is 9.18 Å². The first-order chi connectivity index (χ1) is 9.01. The van der Waals surface area contributed by atoms with Crippen molar-refractivity contribution in [1.29, 1.82) is 0 Å². The lowest BCUT2D eigenvalue weighted by molar-refractivity contribution is 0.0648. The molecule has 1 heterocycles. The molecule has 0 aromatic heterocycles. The van der Waals surface area contributed by atoms with E-state index in [0.29, 0.717) is 17.5 Å². The minimum Gasteiger partial charge on any atom is -0.338 e. The Bertz CT molecular complexity index is 455. The van der Waals surface area contributed by atoms with Crippen LogP contribution in [0.25, 0.3) is 0 Å². The molecule has 0 spiro atoms. The van der Waals surface area contributed by atoms with Crippen molar-refractivity contribution in [2.75, 3.05) is 20.1 Å². The minimum atomic E-state index is -0.346. The van der Waals surface area contributed by atoms with Gasteiger partial charge in [-0.25, -0.2) is 4.39 Å². The van der Waals surface area contributed by atoms with Crippen LogP contribution in [0.3, 0.4) is 0 Å². The number of carbonyl (C=O) groups is 1. The van der Waals surface area contributed by atoms with E-state index in [2.05, 4.69) is 12.2 Å². The van der Waals surface area contributed by atoms with Crippen LogP contribution in [0, 0.1) is 18.7 Å². The van der Waals surface area contributed by atoms with Gasteiger partial charge < -0.3 is 10.2 Å². The number of amides is 1. The zero-order valence-corrected chi connectivity index (χ0v) is 11.7. The number of nitrogens with one attached hydrogen (secondary N) is 1. The van der Waals surface area contributed by atoms with Crippen molar-refractivity contribution in [1.82, 2.24) is 10.2 Å². The molecule has 0 radical (unpaired) electrons. The third-order valence-electron chi connectivity index (χ3n) is 3.85. The number of hydrogen-bond acceptors (Lipinski definition) is 2. The van der Waals surface area contributed by atoms with Gasteiger partial charge >= 0.3 is 0 Å². The molecule has 2 rings (SSSR count). The van der Waals surface area contributed by atoms with Crippen LogP contribution in [0.2, 0.25) is 0 Å². The Morgan fingerprint density at radius 2 is 2.16 bits per heavy atom. The number of likely N-dealkylation sites (tertiary alicyclic amines) is 1. The van der Waals surface area contributed by atoms with Crippen LogP contribution < -0.4 is 5.32 Å². The summed E-state index contributed by atoms with van der Waals surface area (Å²) in [7, 11) is 1.95. The highest BCUT2D eigenvalue weighted by Gasteiger charge is 2.28. The van der Waals surface area contributed by atoms with Gasteiger partial charge in [-0.05, 0) is 50.1 Å². The van der Waals surface area contributed by atoms with Crippen molar-refractivity contribution in [2.24, 2.45) is 5.92 Å². The molecule has 2 atom stereocenters. The maximum absolute atomic E-state index is 13.4. The first kappa shape index (κ1) is 14.0. The molecule has 2 unspecified atom stereocenters. The molecule has 1 aromatic carbocycles. The number of rotatable bonds is 2. The van der Waals surface area contributed by atoms with Crippen molar-refractivity contribution in [3.63, 3.8) is 0 Å². The van der Waals surface area contributed by atoms with Crippen molar-refractivity contribution in [3.8, 4) is 0 Å². The van der Waals surface area contributed by atoms with E-state index in [1.165, 1.54) is 12.1 Å². The van der Waals surface area contributed by atoms with Crippen LogP contribution in [0.5, 0.6) is 0 Å². The van der Waals surface area contributed by atoms with E-state index in [1.54, 1.807) is 13.0 Å². The molecule has 0 saturated carbocycles. The molecule has 1 aromatic rings. The van der Waals surface area contributed by atoms with Crippen molar-refractivity contribution >= 4 is 5.91 Å². The first-order valence-corrected chi connectivity index (χ1v) is 6.75. The molecule has 1 fully saturated rings. The van der Waals surface area contributed by atoms with Crippen molar-refractivity contribution < 1.29 is 9.18 Å². The number of aryl methyl sites for hydroxylation is 1. The summed E-state index contributed by atoms with van der Waals surface area (Å²) in [4.78, 5) is 14.2. The Balaban J connectivity index is 2.12. The fourth-order valence-corrected chi connectivity index (χ4v) is 2.80. The molecule has 1 aliphatic heterocycles. The maximum atomic E-state index is 13.4. The summed E-state index contributed by atoms with van der Waals surface area (Å²) in [6.45, 7) is 5.39. The molecular formula is C15H21FN2O. The molecule has 3 nitrogen and oxygen atoms in total. The Hall–Kier alpha value is -1.42. The molecule has 104 valence electrons. The number of carbonyl (C=O) groups excluding carboxylic acids is 1. The lowest BCUT2D eigenvalue weighted by atomic mass is 9.93. The second-order valence-corrected chi connectivity index (χ2v) is 5.43. The average Bonchev–Trinajstić information content (AvgIpc) is 2.36. The SMILES string of the molecule is CNC1CCN(C(=O)c2cc(C)cc(F)c2)CC1C. The third kappa shape index (κ3) is 3.13. The second kappa shape index (κ2) is 5.70. The van der Waals surface area contributed by atoms with Crippen LogP contribution in [0.15, 0.2) is 18.2 Å². The quantitative estimate of drug-likeness (QED) is 0.888. The molecule has 4 heteroatoms. The summed E-state index contributed by atoms with van der Waals surface area (Å²) in [5, 5.41) is 3.27. The predicted octanol–water partition coefficient (Wildman–Crippen LogP) is 2.20. The lowest BCUT2D eigenvalue weighted by Gasteiger charge is -2.36. The van der Waals surface area contributed by atoms with Gasteiger partial charge in [0.05, 0.1) is 0 Å². The van der Waals surface area contributed by atoms with Gasteiger partial charge in [-0.15, -0.1) is 0 Å². The Morgan fingerprint density at radius 1 is 1.42 bits per heavy atom. The van der Waals surface area contributed by atoms with Crippen molar-refractivity contribution in [3.05, 3.63) is 35.1 Å². The average molecular weight is 264 g/mol. The van der Waals surface area contributed by atoms with E-state index >= 15 is 0 Å². The summed E-state index contributed by atoms with van der Waals surface area (Å²) >= 11 is 0. The van der Waals surface area contributed by atoms with Crippen LogP contribution >= 0.6 is 0 Å². The Kier molecular flexibility index (Phi) is 4.20. The van der Waals surface area contributed by atoms with Gasteiger partial charge in [0.1, 0.15) is 5.82 Å². The normalized spacial score (nSPS) is 23.5. The molecule has 1 saturated heterocycles. The third-order valence-corrected chi connectivity index (χ3v) is 3.85. The van der Waals surface area contributed by atoms with E-state index in [0.717, 1.165) is 25.1 Å². The zero-order chi connectivity index (χ0) is 14.0. The molecule has 1 N–H and O–H groups in total. The van der Waals surface area contributed by atoms with Crippen LogP contribution in [-0.4, -0.2) is 37.0 Å². The maximum Gasteiger partial charge on any atom is 0.253 e. The van der Waals surface area contributed by atoms with Crippen LogP contribution in [0.4, 0.5) is 4.39 Å². The number of hydrogen-bond donors (Lipinski definition) is 1. The summed E-state index contributed by atoms with van der Waals surface area (Å²) in [5.41, 5.74) is 1.23. The highest BCUT2D eigenvalue weighted by Crippen LogP contribution is 2.19. The monoisotopic (exact) mass is 264 g/mol. The highest BCUT2D eigenvalue weighted by atomic mass is 19.1. The molecular weight excluding hydrogens is 243 g/mol. The fraction of sp³-hybridized carbons (Fsp3) is 0.533. The van der Waals surface area contributed by atoms with Crippen LogP contribution in [0.1, 0.15) is 29.3 Å². The lowest BCUT2D eigenvalue weighted by Crippen LogP contribution is -2.49. The van der Waals surface area contributed by atoms with E-state index < -0.39 is 0 Å². The van der Waals surface area contributed by atoms with E-state index in [1.807, 2.05) is 11.9 Å². The van der Waals surface area contributed by atoms with Gasteiger partial charge in [0, 0.05) is 24.7 Å². The van der Waals surface area contributed by atoms with Gasteiger partial charge in [0.2, 0.25) is 0 Å². The Morgan fingerprint density at radius 3 is 2.74 bits per heavy atom. The van der Waals surface area contributed by atoms with Gasteiger partial charge in [-0.1, -0.05) is 6.92 Å². The topological polar surface area (TPSA) is 32.3 Å². The molecule has 0 aliphatic carbocycles. The van der Waals surface area contributed by atoms with Gasteiger partial charge in [0.15, 0.2) is 0 Å². The van der Waals surface area contributed by atoms with Gasteiger partial charge in [-0.3, -0.25) is 4.79 Å². The first-order valence-electron chi connectivity index (χ1n) is 6.75. The predicted molar refractivity (Wildman–Crippen MR) is 73.7 cm³/mol. The highest BCUT2D eigenvalue weighted by molar-refractivity contribution is 5.94. The molecule has 1 aliphatic rings. The summed E-state index contributed by atoms with van der Waals surface area (Å²) in [5.74, 6) is 0.00266. The second-order valence-electron chi connectivity index (χ2n) is 5.43. The van der Waals surface area contributed by atoms with E-state index in [4.69, 9.17) is 0 Å². The number of nitrogens with zero attached hydrogens (tertiary/aromatic N) is 1. The van der Waals surface area contributed by atoms with Gasteiger partial charge in [0.25, 0.3) is 5.91 Å². The Labute approximate surface area is 113 Å². The van der Waals surface area contributed by atoms with E-state index in [-0.39, 0.29) is 11.7 Å². The zero-order valence-electron chi connectivity index (χ0n) is 11.7. The number of piperidine rings is 1. The number of benzene rings is 1. The standard InChI is InChI=1S/C15H21FN2O/c1-10-6-12(8-13(16)7-10)15(19)18-5-4-14(17-3)11(2)9-18/h6-8,11,14,17H,4-5,9H2,1-3H3. The number of halogens is 1. The summed E-state index contributed by atoms with van der Waals surface area (Å²) in [6.07, 6.45) is 0.942. The molecule has 19 heavy (non-hydrogen) atoms. The minimum absolute atomic E-state index is 0.0657. The van der Waals surface area contributed by atoms with Crippen LogP contribution in [-0.2, 0) is 0 Å². The largest absolute Gasteiger partial charge is 0.338 e. The fourth-order valence-electron chi connectivity index (χ4n) is 2.80. The van der Waals surface area contributed by atoms with Crippen molar-refractivity contribution in [2.45, 2.75) is 26.3 Å². The van der Waals surface area contributed by atoms with Gasteiger partial charge in [-0.2, -0.15) is 0 Å². The molecule has 1 amide bonds. The summed E-state index contributed by atoms with van der Waals surface area (Å²) < 4.78 is 13.4. The summed E-state index contributed by atoms with van der Waals surface area (Å²) in [6, 6.07) is 4.97.